The molecule has 0 aliphatic heterocycles. The van der Waals surface area contributed by atoms with Gasteiger partial charge in [0.05, 0.1) is 0 Å². The number of carbonyl (C=O) groups is 3. The van der Waals surface area contributed by atoms with E-state index in [1.54, 1.807) is 0 Å². The number of amides is 3. The summed E-state index contributed by atoms with van der Waals surface area (Å²) in [6, 6.07) is -1.52. The SMILES string of the molecule is CC1CCCCC1NC(=O)N[C@H](CCC(N)=O)C(=O)O. The number of aliphatic carboxylic acids is 1. The summed E-state index contributed by atoms with van der Waals surface area (Å²) in [7, 11) is 0. The van der Waals surface area contributed by atoms with Gasteiger partial charge >= 0.3 is 12.0 Å². The number of primary amides is 1. The van der Waals surface area contributed by atoms with Crippen LogP contribution in [0.3, 0.4) is 0 Å². The Kier molecular flexibility index (Phi) is 6.27. The van der Waals surface area contributed by atoms with Crippen LogP contribution in [-0.4, -0.2) is 35.1 Å². The topological polar surface area (TPSA) is 122 Å². The summed E-state index contributed by atoms with van der Waals surface area (Å²) in [5, 5.41) is 14.2. The molecule has 114 valence electrons. The van der Waals surface area contributed by atoms with E-state index in [1.807, 2.05) is 0 Å². The van der Waals surface area contributed by atoms with Gasteiger partial charge in [-0.1, -0.05) is 19.8 Å². The molecule has 1 rings (SSSR count). The van der Waals surface area contributed by atoms with Crippen molar-refractivity contribution in [2.24, 2.45) is 11.7 Å². The molecule has 1 saturated carbocycles. The molecule has 1 aliphatic carbocycles. The van der Waals surface area contributed by atoms with Crippen LogP contribution >= 0.6 is 0 Å². The lowest BCUT2D eigenvalue weighted by Gasteiger charge is -2.30. The number of hydrogen-bond donors (Lipinski definition) is 4. The van der Waals surface area contributed by atoms with Gasteiger partial charge in [-0.2, -0.15) is 0 Å². The first-order valence-corrected chi connectivity index (χ1v) is 6.98. The van der Waals surface area contributed by atoms with Crippen LogP contribution in [0.1, 0.15) is 45.4 Å². The maximum absolute atomic E-state index is 11.8. The molecular formula is C13H23N3O4. The fourth-order valence-corrected chi connectivity index (χ4v) is 2.44. The average molecular weight is 285 g/mol. The Bertz CT molecular complexity index is 373. The zero-order valence-electron chi connectivity index (χ0n) is 11.7. The first-order chi connectivity index (χ1) is 9.40. The number of hydrogen-bond acceptors (Lipinski definition) is 3. The number of nitrogens with two attached hydrogens (primary N) is 1. The second-order valence-corrected chi connectivity index (χ2v) is 5.38. The molecule has 0 aromatic heterocycles. The Hall–Kier alpha value is -1.79. The van der Waals surface area contributed by atoms with Crippen molar-refractivity contribution < 1.29 is 19.5 Å². The smallest absolute Gasteiger partial charge is 0.326 e. The molecular weight excluding hydrogens is 262 g/mol. The van der Waals surface area contributed by atoms with Crippen LogP contribution in [0.5, 0.6) is 0 Å². The molecule has 7 nitrogen and oxygen atoms in total. The molecule has 1 aliphatic rings. The Morgan fingerprint density at radius 3 is 2.50 bits per heavy atom. The number of rotatable bonds is 6. The number of nitrogens with one attached hydrogen (secondary N) is 2. The average Bonchev–Trinajstić information content (AvgIpc) is 2.36. The van der Waals surface area contributed by atoms with E-state index in [9.17, 15) is 14.4 Å². The van der Waals surface area contributed by atoms with Crippen molar-refractivity contribution >= 4 is 17.9 Å². The third-order valence-electron chi connectivity index (χ3n) is 3.71. The Morgan fingerprint density at radius 2 is 1.95 bits per heavy atom. The highest BCUT2D eigenvalue weighted by atomic mass is 16.4. The van der Waals surface area contributed by atoms with E-state index < -0.39 is 23.9 Å². The maximum atomic E-state index is 11.8. The van der Waals surface area contributed by atoms with Gasteiger partial charge in [-0.25, -0.2) is 9.59 Å². The molecule has 0 heterocycles. The van der Waals surface area contributed by atoms with Gasteiger partial charge in [0.15, 0.2) is 0 Å². The van der Waals surface area contributed by atoms with Gasteiger partial charge in [-0.05, 0) is 25.2 Å². The third-order valence-corrected chi connectivity index (χ3v) is 3.71. The summed E-state index contributed by atoms with van der Waals surface area (Å²) >= 11 is 0. The maximum Gasteiger partial charge on any atom is 0.326 e. The molecule has 3 amide bonds. The van der Waals surface area contributed by atoms with Gasteiger partial charge in [0.1, 0.15) is 6.04 Å². The van der Waals surface area contributed by atoms with Crippen molar-refractivity contribution in [1.82, 2.24) is 10.6 Å². The summed E-state index contributed by atoms with van der Waals surface area (Å²) in [4.78, 5) is 33.5. The summed E-state index contributed by atoms with van der Waals surface area (Å²) in [6.07, 6.45) is 4.13. The predicted molar refractivity (Wildman–Crippen MR) is 72.9 cm³/mol. The monoisotopic (exact) mass is 285 g/mol. The van der Waals surface area contributed by atoms with E-state index in [1.165, 1.54) is 0 Å². The zero-order chi connectivity index (χ0) is 15.1. The summed E-state index contributed by atoms with van der Waals surface area (Å²) < 4.78 is 0. The van der Waals surface area contributed by atoms with E-state index in [-0.39, 0.29) is 18.9 Å². The van der Waals surface area contributed by atoms with Crippen LogP contribution in [0, 0.1) is 5.92 Å². The first-order valence-electron chi connectivity index (χ1n) is 6.98. The summed E-state index contributed by atoms with van der Waals surface area (Å²) in [6.45, 7) is 2.08. The van der Waals surface area contributed by atoms with Gasteiger partial charge in [-0.3, -0.25) is 4.79 Å². The standard InChI is InChI=1S/C13H23N3O4/c1-8-4-2-3-5-9(8)15-13(20)16-10(12(18)19)6-7-11(14)17/h8-10H,2-7H2,1H3,(H2,14,17)(H,18,19)(H2,15,16,20)/t8?,9?,10-/m1/s1. The van der Waals surface area contributed by atoms with Gasteiger partial charge in [0, 0.05) is 12.5 Å². The number of carbonyl (C=O) groups excluding carboxylic acids is 2. The Balaban J connectivity index is 2.44. The Morgan fingerprint density at radius 1 is 1.30 bits per heavy atom. The third kappa shape index (κ3) is 5.46. The highest BCUT2D eigenvalue weighted by Gasteiger charge is 2.25. The van der Waals surface area contributed by atoms with Crippen LogP contribution in [0.15, 0.2) is 0 Å². The molecule has 20 heavy (non-hydrogen) atoms. The van der Waals surface area contributed by atoms with Gasteiger partial charge < -0.3 is 21.5 Å². The van der Waals surface area contributed by atoms with Gasteiger partial charge in [0.25, 0.3) is 0 Å². The second-order valence-electron chi connectivity index (χ2n) is 5.38. The van der Waals surface area contributed by atoms with Crippen molar-refractivity contribution in [3.63, 3.8) is 0 Å². The first kappa shape index (κ1) is 16.3. The van der Waals surface area contributed by atoms with E-state index in [4.69, 9.17) is 10.8 Å². The summed E-state index contributed by atoms with van der Waals surface area (Å²) in [5.41, 5.74) is 4.98. The van der Waals surface area contributed by atoms with Crippen LogP contribution in [0.2, 0.25) is 0 Å². The lowest BCUT2D eigenvalue weighted by molar-refractivity contribution is -0.139. The highest BCUT2D eigenvalue weighted by molar-refractivity contribution is 5.83. The molecule has 0 saturated heterocycles. The van der Waals surface area contributed by atoms with Crippen LogP contribution in [-0.2, 0) is 9.59 Å². The van der Waals surface area contributed by atoms with E-state index in [0.717, 1.165) is 25.7 Å². The molecule has 0 aromatic rings. The van der Waals surface area contributed by atoms with Crippen molar-refractivity contribution in [1.29, 1.82) is 0 Å². The molecule has 2 unspecified atom stereocenters. The predicted octanol–water partition coefficient (Wildman–Crippen LogP) is 0.583. The minimum Gasteiger partial charge on any atom is -0.480 e. The van der Waals surface area contributed by atoms with E-state index in [2.05, 4.69) is 17.6 Å². The van der Waals surface area contributed by atoms with Crippen molar-refractivity contribution in [2.75, 3.05) is 0 Å². The van der Waals surface area contributed by atoms with Crippen molar-refractivity contribution in [2.45, 2.75) is 57.5 Å². The normalized spacial score (nSPS) is 23.6. The lowest BCUT2D eigenvalue weighted by Crippen LogP contribution is -2.51. The van der Waals surface area contributed by atoms with E-state index >= 15 is 0 Å². The quantitative estimate of drug-likeness (QED) is 0.570. The molecule has 0 spiro atoms. The lowest BCUT2D eigenvalue weighted by atomic mass is 9.86. The largest absolute Gasteiger partial charge is 0.480 e. The molecule has 0 aromatic carbocycles. The molecule has 0 radical (unpaired) electrons. The number of carboxylic acid groups (broad SMARTS) is 1. The van der Waals surface area contributed by atoms with Crippen LogP contribution in [0.4, 0.5) is 4.79 Å². The molecule has 7 heteroatoms. The fraction of sp³-hybridized carbons (Fsp3) is 0.769. The Labute approximate surface area is 118 Å². The van der Waals surface area contributed by atoms with Crippen LogP contribution < -0.4 is 16.4 Å². The second kappa shape index (κ2) is 7.72. The van der Waals surface area contributed by atoms with E-state index in [0.29, 0.717) is 5.92 Å². The minimum absolute atomic E-state index is 0.00168. The molecule has 1 fully saturated rings. The fourth-order valence-electron chi connectivity index (χ4n) is 2.44. The van der Waals surface area contributed by atoms with Crippen molar-refractivity contribution in [3.8, 4) is 0 Å². The number of urea groups is 1. The molecule has 5 N–H and O–H groups in total. The van der Waals surface area contributed by atoms with Crippen molar-refractivity contribution in [3.05, 3.63) is 0 Å². The zero-order valence-corrected chi connectivity index (χ0v) is 11.7. The van der Waals surface area contributed by atoms with Gasteiger partial charge in [-0.15, -0.1) is 0 Å². The molecule has 3 atom stereocenters. The minimum atomic E-state index is -1.17. The number of carboxylic acids is 1. The molecule has 0 bridgehead atoms. The summed E-state index contributed by atoms with van der Waals surface area (Å²) in [5.74, 6) is -1.36. The van der Waals surface area contributed by atoms with Gasteiger partial charge in [0.2, 0.25) is 5.91 Å². The van der Waals surface area contributed by atoms with Crippen LogP contribution in [0.25, 0.3) is 0 Å². The highest BCUT2D eigenvalue weighted by Crippen LogP contribution is 2.23.